The van der Waals surface area contributed by atoms with Gasteiger partial charge in [-0.1, -0.05) is 41.9 Å². The highest BCUT2D eigenvalue weighted by molar-refractivity contribution is 7.22. The van der Waals surface area contributed by atoms with Crippen molar-refractivity contribution in [3.8, 4) is 0 Å². The van der Waals surface area contributed by atoms with Gasteiger partial charge in [-0.3, -0.25) is 9.59 Å². The number of hydrogen-bond acceptors (Lipinski definition) is 3. The van der Waals surface area contributed by atoms with Crippen LogP contribution < -0.4 is 5.32 Å². The molecule has 130 valence electrons. The second kappa shape index (κ2) is 7.29. The van der Waals surface area contributed by atoms with Crippen LogP contribution in [0.1, 0.15) is 16.1 Å². The van der Waals surface area contributed by atoms with Gasteiger partial charge < -0.3 is 15.2 Å². The fraction of sp³-hybridized carbons (Fsp3) is 0.222. The fourth-order valence-corrected chi connectivity index (χ4v) is 3.74. The van der Waals surface area contributed by atoms with Crippen LogP contribution in [-0.2, 0) is 11.2 Å². The third-order valence-electron chi connectivity index (χ3n) is 3.85. The zero-order valence-electron chi connectivity index (χ0n) is 13.9. The lowest BCUT2D eigenvalue weighted by molar-refractivity contribution is -0.130. The lowest BCUT2D eigenvalue weighted by Crippen LogP contribution is -2.47. The number of rotatable bonds is 5. The van der Waals surface area contributed by atoms with Gasteiger partial charge in [-0.25, -0.2) is 0 Å². The predicted molar refractivity (Wildman–Crippen MR) is 101 cm³/mol. The molecule has 0 bridgehead atoms. The zero-order chi connectivity index (χ0) is 18.0. The molecule has 0 aliphatic carbocycles. The summed E-state index contributed by atoms with van der Waals surface area (Å²) in [5.41, 5.74) is 1.41. The molecule has 1 aromatic carbocycles. The maximum atomic E-state index is 12.6. The third kappa shape index (κ3) is 4.03. The number of aromatic nitrogens is 1. The summed E-state index contributed by atoms with van der Waals surface area (Å²) in [4.78, 5) is 30.4. The smallest absolute Gasteiger partial charge is 0.268 e. The topological polar surface area (TPSA) is 65.2 Å². The highest BCUT2D eigenvalue weighted by Gasteiger charge is 2.24. The number of fused-ring (bicyclic) bond motifs is 1. The quantitative estimate of drug-likeness (QED) is 0.718. The van der Waals surface area contributed by atoms with Crippen LogP contribution in [0.2, 0.25) is 4.34 Å². The number of halogens is 1. The van der Waals surface area contributed by atoms with Crippen LogP contribution in [0, 0.1) is 0 Å². The highest BCUT2D eigenvalue weighted by atomic mass is 35.5. The van der Waals surface area contributed by atoms with Crippen molar-refractivity contribution in [3.05, 3.63) is 58.1 Å². The van der Waals surface area contributed by atoms with E-state index in [1.54, 1.807) is 26.2 Å². The third-order valence-corrected chi connectivity index (χ3v) is 5.05. The first kappa shape index (κ1) is 17.5. The van der Waals surface area contributed by atoms with Crippen molar-refractivity contribution in [2.45, 2.75) is 12.5 Å². The largest absolute Gasteiger partial charge is 0.347 e. The normalized spacial score (nSPS) is 12.1. The number of hydrogen-bond donors (Lipinski definition) is 2. The molecule has 0 aliphatic rings. The number of nitrogens with one attached hydrogen (secondary N) is 2. The van der Waals surface area contributed by atoms with Crippen molar-refractivity contribution in [2.75, 3.05) is 14.1 Å². The summed E-state index contributed by atoms with van der Waals surface area (Å²) in [7, 11) is 3.36. The molecule has 5 nitrogen and oxygen atoms in total. The molecule has 0 radical (unpaired) electrons. The summed E-state index contributed by atoms with van der Waals surface area (Å²) in [5.74, 6) is -0.454. The molecule has 25 heavy (non-hydrogen) atoms. The van der Waals surface area contributed by atoms with Crippen LogP contribution in [0.3, 0.4) is 0 Å². The molecule has 0 spiro atoms. The van der Waals surface area contributed by atoms with Crippen LogP contribution in [0.5, 0.6) is 0 Å². The molecule has 2 amide bonds. The number of thiophene rings is 1. The molecule has 2 heterocycles. The van der Waals surface area contributed by atoms with Gasteiger partial charge in [0.2, 0.25) is 5.91 Å². The van der Waals surface area contributed by atoms with Gasteiger partial charge in [0.1, 0.15) is 16.6 Å². The van der Waals surface area contributed by atoms with E-state index in [9.17, 15) is 9.59 Å². The Morgan fingerprint density at radius 2 is 1.96 bits per heavy atom. The Morgan fingerprint density at radius 3 is 2.60 bits per heavy atom. The van der Waals surface area contributed by atoms with E-state index in [1.807, 2.05) is 30.3 Å². The van der Waals surface area contributed by atoms with Gasteiger partial charge in [-0.15, -0.1) is 11.3 Å². The first-order valence-corrected chi connectivity index (χ1v) is 8.97. The first-order chi connectivity index (χ1) is 11.9. The number of aromatic amines is 1. The van der Waals surface area contributed by atoms with E-state index in [1.165, 1.54) is 16.2 Å². The van der Waals surface area contributed by atoms with Crippen molar-refractivity contribution in [1.29, 1.82) is 0 Å². The number of nitrogens with zero attached hydrogens (tertiary/aromatic N) is 1. The maximum absolute atomic E-state index is 12.6. The molecule has 3 aromatic rings. The molecule has 0 fully saturated rings. The van der Waals surface area contributed by atoms with Gasteiger partial charge in [0.05, 0.1) is 4.34 Å². The summed E-state index contributed by atoms with van der Waals surface area (Å²) in [5, 5.41) is 3.73. The second-order valence-electron chi connectivity index (χ2n) is 5.97. The Morgan fingerprint density at radius 1 is 1.24 bits per heavy atom. The molecule has 2 aromatic heterocycles. The number of likely N-dealkylation sites (N-methyl/N-ethyl adjacent to an activating group) is 1. The SMILES string of the molecule is CN(C)C(=O)[C@H](Cc1ccccc1)NC(=O)c1cc2cc(Cl)sc2[nH]1. The molecule has 0 aliphatic heterocycles. The van der Waals surface area contributed by atoms with Gasteiger partial charge in [0.25, 0.3) is 5.91 Å². The molecule has 0 saturated heterocycles. The minimum atomic E-state index is -0.630. The van der Waals surface area contributed by atoms with Crippen molar-refractivity contribution in [1.82, 2.24) is 15.2 Å². The number of carbonyl (C=O) groups excluding carboxylic acids is 2. The van der Waals surface area contributed by atoms with Crippen molar-refractivity contribution < 1.29 is 9.59 Å². The molecule has 1 atom stereocenters. The Labute approximate surface area is 154 Å². The first-order valence-electron chi connectivity index (χ1n) is 7.78. The molecule has 2 N–H and O–H groups in total. The monoisotopic (exact) mass is 375 g/mol. The Hall–Kier alpha value is -2.31. The van der Waals surface area contributed by atoms with E-state index in [-0.39, 0.29) is 11.8 Å². The fourth-order valence-electron chi connectivity index (χ4n) is 2.61. The summed E-state index contributed by atoms with van der Waals surface area (Å²) in [6, 6.07) is 12.5. The van der Waals surface area contributed by atoms with Gasteiger partial charge in [0, 0.05) is 25.9 Å². The van der Waals surface area contributed by atoms with Crippen molar-refractivity contribution >= 4 is 45.0 Å². The average molecular weight is 376 g/mol. The van der Waals surface area contributed by atoms with Crippen LogP contribution in [0.4, 0.5) is 0 Å². The molecule has 0 unspecified atom stereocenters. The van der Waals surface area contributed by atoms with Crippen molar-refractivity contribution in [3.63, 3.8) is 0 Å². The van der Waals surface area contributed by atoms with E-state index < -0.39 is 6.04 Å². The lowest BCUT2D eigenvalue weighted by atomic mass is 10.0. The van der Waals surface area contributed by atoms with E-state index in [2.05, 4.69) is 10.3 Å². The summed E-state index contributed by atoms with van der Waals surface area (Å²) in [6.45, 7) is 0. The van der Waals surface area contributed by atoms with E-state index in [4.69, 9.17) is 11.6 Å². The minimum absolute atomic E-state index is 0.145. The number of H-pyrrole nitrogens is 1. The number of carbonyl (C=O) groups is 2. The maximum Gasteiger partial charge on any atom is 0.268 e. The van der Waals surface area contributed by atoms with Gasteiger partial charge in [0.15, 0.2) is 0 Å². The molecular formula is C18H18ClN3O2S. The Bertz CT molecular complexity index is 870. The van der Waals surface area contributed by atoms with E-state index in [0.717, 1.165) is 15.8 Å². The Kier molecular flexibility index (Phi) is 5.11. The zero-order valence-corrected chi connectivity index (χ0v) is 15.4. The standard InChI is InChI=1S/C18H18ClN3O2S/c1-22(2)18(24)14(8-11-6-4-3-5-7-11)20-16(23)13-9-12-10-15(19)25-17(12)21-13/h3-7,9-10,14,21H,8H2,1-2H3,(H,20,23)/t14-/m0/s1. The number of amides is 2. The summed E-state index contributed by atoms with van der Waals surface area (Å²) >= 11 is 7.33. The van der Waals surface area contributed by atoms with Crippen LogP contribution >= 0.6 is 22.9 Å². The van der Waals surface area contributed by atoms with E-state index >= 15 is 0 Å². The minimum Gasteiger partial charge on any atom is -0.347 e. The van der Waals surface area contributed by atoms with E-state index in [0.29, 0.717) is 16.5 Å². The number of benzene rings is 1. The molecular weight excluding hydrogens is 358 g/mol. The highest BCUT2D eigenvalue weighted by Crippen LogP contribution is 2.29. The van der Waals surface area contributed by atoms with Gasteiger partial charge in [-0.2, -0.15) is 0 Å². The predicted octanol–water partition coefficient (Wildman–Crippen LogP) is 3.31. The van der Waals surface area contributed by atoms with Gasteiger partial charge >= 0.3 is 0 Å². The summed E-state index contributed by atoms with van der Waals surface area (Å²) in [6.07, 6.45) is 0.435. The molecule has 0 saturated carbocycles. The average Bonchev–Trinajstić information content (AvgIpc) is 3.11. The summed E-state index contributed by atoms with van der Waals surface area (Å²) < 4.78 is 0.665. The van der Waals surface area contributed by atoms with Crippen LogP contribution in [-0.4, -0.2) is 41.8 Å². The van der Waals surface area contributed by atoms with Crippen LogP contribution in [0.25, 0.3) is 10.2 Å². The molecule has 7 heteroatoms. The van der Waals surface area contributed by atoms with Gasteiger partial charge in [-0.05, 0) is 17.7 Å². The second-order valence-corrected chi connectivity index (χ2v) is 7.65. The van der Waals surface area contributed by atoms with Crippen molar-refractivity contribution in [2.24, 2.45) is 0 Å². The van der Waals surface area contributed by atoms with Crippen LogP contribution in [0.15, 0.2) is 42.5 Å². The Balaban J connectivity index is 1.79. The lowest BCUT2D eigenvalue weighted by Gasteiger charge is -2.21. The molecule has 3 rings (SSSR count).